The molecule has 3 aromatic carbocycles. The standard InChI is InChI=1S/C20H12F2N2O4/c1-27-17-8-6-12(24(25)26)10-14(17)20-23-16-9-11(5-7-18(16)28-20)13-3-2-4-15(21)19(13)22/h2-10H,1H3. The number of fused-ring (bicyclic) bond motifs is 1. The van der Waals surface area contributed by atoms with Crippen LogP contribution in [0.2, 0.25) is 0 Å². The number of aromatic nitrogens is 1. The first-order valence-electron chi connectivity index (χ1n) is 8.15. The molecule has 0 aliphatic heterocycles. The van der Waals surface area contributed by atoms with Gasteiger partial charge in [0.25, 0.3) is 5.69 Å². The average molecular weight is 382 g/mol. The smallest absolute Gasteiger partial charge is 0.270 e. The van der Waals surface area contributed by atoms with Gasteiger partial charge in [-0.1, -0.05) is 18.2 Å². The van der Waals surface area contributed by atoms with Gasteiger partial charge in [0.1, 0.15) is 11.3 Å². The van der Waals surface area contributed by atoms with Gasteiger partial charge in [0.2, 0.25) is 5.89 Å². The molecule has 0 unspecified atom stereocenters. The van der Waals surface area contributed by atoms with Gasteiger partial charge in [-0.05, 0) is 29.8 Å². The van der Waals surface area contributed by atoms with Crippen molar-refractivity contribution in [3.05, 3.63) is 76.3 Å². The molecule has 0 aliphatic carbocycles. The monoisotopic (exact) mass is 382 g/mol. The van der Waals surface area contributed by atoms with E-state index in [1.54, 1.807) is 18.2 Å². The summed E-state index contributed by atoms with van der Waals surface area (Å²) in [5.41, 5.74) is 1.48. The number of oxazole rings is 1. The molecule has 0 fully saturated rings. The van der Waals surface area contributed by atoms with Crippen molar-refractivity contribution in [2.75, 3.05) is 7.11 Å². The van der Waals surface area contributed by atoms with Gasteiger partial charge in [0.15, 0.2) is 17.2 Å². The topological polar surface area (TPSA) is 78.4 Å². The van der Waals surface area contributed by atoms with Crippen molar-refractivity contribution in [3.63, 3.8) is 0 Å². The van der Waals surface area contributed by atoms with E-state index in [1.165, 1.54) is 37.4 Å². The van der Waals surface area contributed by atoms with Crippen molar-refractivity contribution in [1.29, 1.82) is 0 Å². The van der Waals surface area contributed by atoms with Crippen molar-refractivity contribution < 1.29 is 22.9 Å². The average Bonchev–Trinajstić information content (AvgIpc) is 3.12. The molecule has 1 heterocycles. The van der Waals surface area contributed by atoms with E-state index < -0.39 is 16.6 Å². The summed E-state index contributed by atoms with van der Waals surface area (Å²) in [5, 5.41) is 11.1. The van der Waals surface area contributed by atoms with Crippen molar-refractivity contribution in [1.82, 2.24) is 4.98 Å². The van der Waals surface area contributed by atoms with E-state index in [0.717, 1.165) is 6.07 Å². The molecule has 0 radical (unpaired) electrons. The molecule has 0 spiro atoms. The second kappa shape index (κ2) is 6.73. The normalized spacial score (nSPS) is 11.0. The second-order valence-corrected chi connectivity index (χ2v) is 5.94. The molecule has 0 atom stereocenters. The van der Waals surface area contributed by atoms with Gasteiger partial charge >= 0.3 is 0 Å². The van der Waals surface area contributed by atoms with Crippen LogP contribution >= 0.6 is 0 Å². The lowest BCUT2D eigenvalue weighted by atomic mass is 10.0. The van der Waals surface area contributed by atoms with Gasteiger partial charge < -0.3 is 9.15 Å². The summed E-state index contributed by atoms with van der Waals surface area (Å²) in [6.45, 7) is 0. The van der Waals surface area contributed by atoms with E-state index >= 15 is 0 Å². The maximum Gasteiger partial charge on any atom is 0.270 e. The SMILES string of the molecule is COc1ccc([N+](=O)[O-])cc1-c1nc2cc(-c3cccc(F)c3F)ccc2o1. The molecular formula is C20H12F2N2O4. The summed E-state index contributed by atoms with van der Waals surface area (Å²) in [7, 11) is 1.43. The molecule has 140 valence electrons. The fourth-order valence-corrected chi connectivity index (χ4v) is 2.91. The van der Waals surface area contributed by atoms with Gasteiger partial charge in [-0.3, -0.25) is 10.1 Å². The number of nitro benzene ring substituents is 1. The molecule has 4 rings (SSSR count). The van der Waals surface area contributed by atoms with Gasteiger partial charge in [0.05, 0.1) is 17.6 Å². The zero-order valence-corrected chi connectivity index (χ0v) is 14.5. The molecule has 28 heavy (non-hydrogen) atoms. The highest BCUT2D eigenvalue weighted by Gasteiger charge is 2.18. The number of nitro groups is 1. The fourth-order valence-electron chi connectivity index (χ4n) is 2.91. The molecule has 0 bridgehead atoms. The minimum Gasteiger partial charge on any atom is -0.496 e. The first-order chi connectivity index (χ1) is 13.5. The molecule has 6 nitrogen and oxygen atoms in total. The minimum atomic E-state index is -0.953. The Kier molecular flexibility index (Phi) is 4.23. The Bertz CT molecular complexity index is 1220. The summed E-state index contributed by atoms with van der Waals surface area (Å²) in [6.07, 6.45) is 0. The summed E-state index contributed by atoms with van der Waals surface area (Å²) in [4.78, 5) is 14.9. The van der Waals surface area contributed by atoms with E-state index in [9.17, 15) is 18.9 Å². The summed E-state index contributed by atoms with van der Waals surface area (Å²) in [5.74, 6) is -1.42. The van der Waals surface area contributed by atoms with Crippen molar-refractivity contribution in [3.8, 4) is 28.3 Å². The molecule has 0 amide bonds. The first-order valence-corrected chi connectivity index (χ1v) is 8.15. The zero-order chi connectivity index (χ0) is 19.8. The quantitative estimate of drug-likeness (QED) is 0.351. The van der Waals surface area contributed by atoms with Gasteiger partial charge in [-0.15, -0.1) is 0 Å². The molecule has 4 aromatic rings. The highest BCUT2D eigenvalue weighted by atomic mass is 19.2. The predicted molar refractivity (Wildman–Crippen MR) is 98.0 cm³/mol. The van der Waals surface area contributed by atoms with Crippen LogP contribution in [-0.2, 0) is 0 Å². The van der Waals surface area contributed by atoms with Crippen LogP contribution in [-0.4, -0.2) is 17.0 Å². The third-order valence-electron chi connectivity index (χ3n) is 4.27. The van der Waals surface area contributed by atoms with Crippen LogP contribution in [0.1, 0.15) is 0 Å². The third-order valence-corrected chi connectivity index (χ3v) is 4.27. The van der Waals surface area contributed by atoms with Crippen molar-refractivity contribution in [2.24, 2.45) is 0 Å². The number of hydrogen-bond donors (Lipinski definition) is 0. The molecule has 1 aromatic heterocycles. The Morgan fingerprint density at radius 2 is 1.89 bits per heavy atom. The Morgan fingerprint density at radius 1 is 1.07 bits per heavy atom. The third kappa shape index (κ3) is 2.94. The van der Waals surface area contributed by atoms with Crippen LogP contribution in [0.5, 0.6) is 5.75 Å². The molecule has 8 heteroatoms. The number of nitrogens with zero attached hydrogens (tertiary/aromatic N) is 2. The van der Waals surface area contributed by atoms with Crippen LogP contribution in [0.4, 0.5) is 14.5 Å². The van der Waals surface area contributed by atoms with E-state index in [-0.39, 0.29) is 17.1 Å². The summed E-state index contributed by atoms with van der Waals surface area (Å²) < 4.78 is 38.5. The Hall–Kier alpha value is -3.81. The first kappa shape index (κ1) is 17.6. The molecule has 0 saturated carbocycles. The Balaban J connectivity index is 1.84. The number of ether oxygens (including phenoxy) is 1. The minimum absolute atomic E-state index is 0.0966. The number of hydrogen-bond acceptors (Lipinski definition) is 5. The lowest BCUT2D eigenvalue weighted by Gasteiger charge is -2.04. The number of halogens is 2. The van der Waals surface area contributed by atoms with E-state index in [1.807, 2.05) is 0 Å². The lowest BCUT2D eigenvalue weighted by Crippen LogP contribution is -1.92. The number of methoxy groups -OCH3 is 1. The second-order valence-electron chi connectivity index (χ2n) is 5.94. The molecule has 0 aliphatic rings. The van der Waals surface area contributed by atoms with Crippen LogP contribution < -0.4 is 4.74 Å². The van der Waals surface area contributed by atoms with Gasteiger partial charge in [-0.2, -0.15) is 0 Å². The Labute approximate surface area is 157 Å². The van der Waals surface area contributed by atoms with Crippen LogP contribution in [0.25, 0.3) is 33.7 Å². The van der Waals surface area contributed by atoms with Crippen LogP contribution in [0.3, 0.4) is 0 Å². The van der Waals surface area contributed by atoms with Crippen LogP contribution in [0.15, 0.2) is 59.0 Å². The van der Waals surface area contributed by atoms with Crippen LogP contribution in [0, 0.1) is 21.7 Å². The molecular weight excluding hydrogens is 370 g/mol. The van der Waals surface area contributed by atoms with Gasteiger partial charge in [0, 0.05) is 17.7 Å². The van der Waals surface area contributed by atoms with E-state index in [0.29, 0.717) is 28.0 Å². The number of rotatable bonds is 4. The summed E-state index contributed by atoms with van der Waals surface area (Å²) in [6, 6.07) is 12.7. The van der Waals surface area contributed by atoms with Gasteiger partial charge in [-0.25, -0.2) is 13.8 Å². The van der Waals surface area contributed by atoms with Crippen molar-refractivity contribution in [2.45, 2.75) is 0 Å². The Morgan fingerprint density at radius 3 is 2.64 bits per heavy atom. The fraction of sp³-hybridized carbons (Fsp3) is 0.0500. The highest BCUT2D eigenvalue weighted by molar-refractivity contribution is 5.83. The lowest BCUT2D eigenvalue weighted by molar-refractivity contribution is -0.384. The van der Waals surface area contributed by atoms with Crippen molar-refractivity contribution >= 4 is 16.8 Å². The number of benzene rings is 3. The van der Waals surface area contributed by atoms with E-state index in [4.69, 9.17) is 9.15 Å². The largest absolute Gasteiger partial charge is 0.496 e. The maximum absolute atomic E-state index is 14.1. The summed E-state index contributed by atoms with van der Waals surface area (Å²) >= 11 is 0. The highest BCUT2D eigenvalue weighted by Crippen LogP contribution is 2.35. The number of non-ortho nitro benzene ring substituents is 1. The zero-order valence-electron chi connectivity index (χ0n) is 14.5. The predicted octanol–water partition coefficient (Wildman–Crippen LogP) is 5.36. The molecule has 0 saturated heterocycles. The van der Waals surface area contributed by atoms with E-state index in [2.05, 4.69) is 4.98 Å². The maximum atomic E-state index is 14.1. The molecule has 0 N–H and O–H groups in total.